The lowest BCUT2D eigenvalue weighted by atomic mass is 10.6. The van der Waals surface area contributed by atoms with Gasteiger partial charge in [0.1, 0.15) is 11.8 Å². The molecule has 0 aliphatic rings. The summed E-state index contributed by atoms with van der Waals surface area (Å²) in [4.78, 5) is 18.5. The van der Waals surface area contributed by atoms with E-state index < -0.39 is 7.72 Å². The molecule has 0 saturated carbocycles. The van der Waals surface area contributed by atoms with E-state index in [9.17, 15) is 9.79 Å². The van der Waals surface area contributed by atoms with Gasteiger partial charge in [0.05, 0.1) is 0 Å². The minimum absolute atomic E-state index is 0.0393. The molecular formula is C6H16O2P+. The Balaban J connectivity index is 3.70. The van der Waals surface area contributed by atoms with Crippen molar-refractivity contribution in [2.75, 3.05) is 6.16 Å². The highest BCUT2D eigenvalue weighted by Gasteiger charge is 2.35. The molecule has 56 valence electrons. The van der Waals surface area contributed by atoms with Gasteiger partial charge in [-0.3, -0.25) is 0 Å². The maximum Gasteiger partial charge on any atom is 0.270 e. The fourth-order valence-corrected chi connectivity index (χ4v) is 1.76. The van der Waals surface area contributed by atoms with E-state index in [4.69, 9.17) is 0 Å². The van der Waals surface area contributed by atoms with Crippen molar-refractivity contribution in [2.24, 2.45) is 0 Å². The zero-order valence-electron chi connectivity index (χ0n) is 6.33. The van der Waals surface area contributed by atoms with Gasteiger partial charge in [-0.15, -0.1) is 0 Å². The molecule has 2 nitrogen and oxygen atoms in total. The van der Waals surface area contributed by atoms with Crippen LogP contribution in [0.1, 0.15) is 27.2 Å². The van der Waals surface area contributed by atoms with Crippen LogP contribution in [0.3, 0.4) is 0 Å². The number of hydrogen-bond acceptors (Lipinski definition) is 2. The molecule has 2 N–H and O–H groups in total. The van der Waals surface area contributed by atoms with Crippen LogP contribution in [0.5, 0.6) is 0 Å². The quantitative estimate of drug-likeness (QED) is 0.602. The van der Waals surface area contributed by atoms with Gasteiger partial charge in [-0.2, -0.15) is 0 Å². The standard InChI is InChI=1S/C6H16O2P/c1-4-5-9(7,8)6(2)3/h6-8H,4-5H2,1-3H3/q+1. The normalized spacial score (nSPS) is 12.7. The monoisotopic (exact) mass is 151 g/mol. The van der Waals surface area contributed by atoms with Gasteiger partial charge in [0, 0.05) is 0 Å². The van der Waals surface area contributed by atoms with Crippen LogP contribution in [0, 0.1) is 0 Å². The van der Waals surface area contributed by atoms with Crippen LogP contribution in [0.25, 0.3) is 0 Å². The van der Waals surface area contributed by atoms with Gasteiger partial charge in [-0.1, -0.05) is 6.92 Å². The molecule has 0 heterocycles. The Hall–Kier alpha value is 0.350. The first-order chi connectivity index (χ1) is 4.00. The van der Waals surface area contributed by atoms with Crippen molar-refractivity contribution < 1.29 is 9.79 Å². The lowest BCUT2D eigenvalue weighted by Gasteiger charge is -2.14. The van der Waals surface area contributed by atoms with Crippen LogP contribution in [0.2, 0.25) is 0 Å². The van der Waals surface area contributed by atoms with E-state index in [1.807, 2.05) is 20.8 Å². The van der Waals surface area contributed by atoms with E-state index in [0.29, 0.717) is 6.16 Å². The van der Waals surface area contributed by atoms with Crippen molar-refractivity contribution in [1.82, 2.24) is 0 Å². The Bertz CT molecular complexity index is 81.1. The van der Waals surface area contributed by atoms with E-state index >= 15 is 0 Å². The topological polar surface area (TPSA) is 40.5 Å². The highest BCUT2D eigenvalue weighted by molar-refractivity contribution is 7.65. The number of hydrogen-bond donors (Lipinski definition) is 2. The molecule has 0 amide bonds. The Morgan fingerprint density at radius 2 is 1.78 bits per heavy atom. The maximum atomic E-state index is 9.26. The van der Waals surface area contributed by atoms with Gasteiger partial charge in [-0.05, 0) is 20.3 Å². The van der Waals surface area contributed by atoms with E-state index in [1.54, 1.807) is 0 Å². The minimum Gasteiger partial charge on any atom is -0.220 e. The van der Waals surface area contributed by atoms with Crippen LogP contribution in [-0.2, 0) is 0 Å². The van der Waals surface area contributed by atoms with Crippen LogP contribution in [0.4, 0.5) is 0 Å². The van der Waals surface area contributed by atoms with Crippen LogP contribution in [-0.4, -0.2) is 21.6 Å². The van der Waals surface area contributed by atoms with Gasteiger partial charge < -0.3 is 0 Å². The predicted molar refractivity (Wildman–Crippen MR) is 41.7 cm³/mol. The third-order valence-corrected chi connectivity index (χ3v) is 4.14. The summed E-state index contributed by atoms with van der Waals surface area (Å²) >= 11 is 0. The number of rotatable bonds is 3. The summed E-state index contributed by atoms with van der Waals surface area (Å²) < 4.78 is 0. The molecule has 0 radical (unpaired) electrons. The van der Waals surface area contributed by atoms with Gasteiger partial charge in [-0.25, -0.2) is 9.79 Å². The first-order valence-corrected chi connectivity index (χ1v) is 5.29. The zero-order valence-corrected chi connectivity index (χ0v) is 7.23. The molecule has 0 spiro atoms. The van der Waals surface area contributed by atoms with Crippen LogP contribution >= 0.6 is 7.72 Å². The SMILES string of the molecule is CCC[P+](O)(O)C(C)C. The van der Waals surface area contributed by atoms with Crippen molar-refractivity contribution >= 4 is 7.72 Å². The molecule has 0 bridgehead atoms. The first-order valence-electron chi connectivity index (χ1n) is 3.34. The second kappa shape index (κ2) is 3.50. The van der Waals surface area contributed by atoms with Gasteiger partial charge >= 0.3 is 0 Å². The maximum absolute atomic E-state index is 9.26. The fourth-order valence-electron chi connectivity index (χ4n) is 0.587. The molecule has 0 saturated heterocycles. The molecule has 9 heavy (non-hydrogen) atoms. The molecule has 0 fully saturated rings. The molecule has 0 rings (SSSR count). The highest BCUT2D eigenvalue weighted by atomic mass is 31.2. The van der Waals surface area contributed by atoms with Crippen molar-refractivity contribution in [2.45, 2.75) is 32.9 Å². The Kier molecular flexibility index (Phi) is 3.64. The van der Waals surface area contributed by atoms with Crippen molar-refractivity contribution in [3.63, 3.8) is 0 Å². The third kappa shape index (κ3) is 3.14. The zero-order chi connectivity index (χ0) is 7.49. The summed E-state index contributed by atoms with van der Waals surface area (Å²) in [5.74, 6) is 0. The molecule has 0 atom stereocenters. The predicted octanol–water partition coefficient (Wildman–Crippen LogP) is 1.64. The van der Waals surface area contributed by atoms with E-state index in [1.165, 1.54) is 0 Å². The third-order valence-electron chi connectivity index (χ3n) is 1.38. The van der Waals surface area contributed by atoms with Crippen LogP contribution in [0.15, 0.2) is 0 Å². The Morgan fingerprint density at radius 1 is 1.33 bits per heavy atom. The molecular weight excluding hydrogens is 135 g/mol. The molecule has 0 aliphatic carbocycles. The Labute approximate surface area is 57.4 Å². The summed E-state index contributed by atoms with van der Waals surface area (Å²) in [6.45, 7) is 5.66. The lowest BCUT2D eigenvalue weighted by Crippen LogP contribution is -2.07. The van der Waals surface area contributed by atoms with Gasteiger partial charge in [0.2, 0.25) is 0 Å². The van der Waals surface area contributed by atoms with Crippen molar-refractivity contribution in [3.05, 3.63) is 0 Å². The minimum atomic E-state index is -2.51. The summed E-state index contributed by atoms with van der Waals surface area (Å²) in [7, 11) is -2.51. The average Bonchev–Trinajstić information content (AvgIpc) is 1.65. The molecule has 3 heteroatoms. The average molecular weight is 151 g/mol. The Morgan fingerprint density at radius 3 is 1.89 bits per heavy atom. The van der Waals surface area contributed by atoms with E-state index in [-0.39, 0.29) is 5.66 Å². The molecule has 0 aromatic rings. The summed E-state index contributed by atoms with van der Waals surface area (Å²) in [6.07, 6.45) is 1.43. The summed E-state index contributed by atoms with van der Waals surface area (Å²) in [5, 5.41) is 0. The second-order valence-corrected chi connectivity index (χ2v) is 5.65. The molecule has 0 unspecified atom stereocenters. The summed E-state index contributed by atoms with van der Waals surface area (Å²) in [5.41, 5.74) is 0.0393. The summed E-state index contributed by atoms with van der Waals surface area (Å²) in [6, 6.07) is 0. The van der Waals surface area contributed by atoms with E-state index in [2.05, 4.69) is 0 Å². The van der Waals surface area contributed by atoms with Crippen LogP contribution < -0.4 is 0 Å². The highest BCUT2D eigenvalue weighted by Crippen LogP contribution is 2.54. The molecule has 0 aliphatic heterocycles. The smallest absolute Gasteiger partial charge is 0.220 e. The van der Waals surface area contributed by atoms with E-state index in [0.717, 1.165) is 6.42 Å². The molecule has 0 aromatic heterocycles. The largest absolute Gasteiger partial charge is 0.270 e. The molecule has 0 aromatic carbocycles. The van der Waals surface area contributed by atoms with Crippen molar-refractivity contribution in [1.29, 1.82) is 0 Å². The lowest BCUT2D eigenvalue weighted by molar-refractivity contribution is 0.436. The first kappa shape index (κ1) is 9.35. The van der Waals surface area contributed by atoms with Crippen molar-refractivity contribution in [3.8, 4) is 0 Å². The fraction of sp³-hybridized carbons (Fsp3) is 1.00. The second-order valence-electron chi connectivity index (χ2n) is 2.60. The van der Waals surface area contributed by atoms with Gasteiger partial charge in [0.25, 0.3) is 7.72 Å². The van der Waals surface area contributed by atoms with Gasteiger partial charge in [0.15, 0.2) is 0 Å².